The quantitative estimate of drug-likeness (QED) is 0.906. The van der Waals surface area contributed by atoms with Gasteiger partial charge in [0.1, 0.15) is 12.4 Å². The number of rotatable bonds is 4. The highest BCUT2D eigenvalue weighted by molar-refractivity contribution is 7.07. The largest absolute Gasteiger partial charge is 0.378 e. The van der Waals surface area contributed by atoms with Gasteiger partial charge in [-0.1, -0.05) is 11.3 Å². The zero-order chi connectivity index (χ0) is 16.2. The number of hydrogen-bond acceptors (Lipinski definition) is 6. The maximum atomic E-state index is 12.0. The molecular weight excluding hydrogens is 316 g/mol. The first kappa shape index (κ1) is 15.7. The number of nitrogens with one attached hydrogen (secondary N) is 1. The number of anilines is 2. The van der Waals surface area contributed by atoms with Crippen LogP contribution < -0.4 is 15.1 Å². The molecule has 122 valence electrons. The third-order valence-corrected chi connectivity index (χ3v) is 4.55. The highest BCUT2D eigenvalue weighted by Gasteiger charge is 2.12. The minimum atomic E-state index is -0.264. The van der Waals surface area contributed by atoms with E-state index in [9.17, 15) is 9.59 Å². The SMILES string of the molecule is Cc1csc(=O)n1CC(=O)Nc1ccc(N2CCOCC2)cn1. The first-order chi connectivity index (χ1) is 11.1. The highest BCUT2D eigenvalue weighted by atomic mass is 32.1. The van der Waals surface area contributed by atoms with Gasteiger partial charge in [0, 0.05) is 24.2 Å². The second-order valence-corrected chi connectivity index (χ2v) is 6.10. The molecule has 1 aliphatic heterocycles. The molecule has 8 heteroatoms. The molecule has 7 nitrogen and oxygen atoms in total. The zero-order valence-corrected chi connectivity index (χ0v) is 13.6. The van der Waals surface area contributed by atoms with E-state index < -0.39 is 0 Å². The number of carbonyl (C=O) groups excluding carboxylic acids is 1. The van der Waals surface area contributed by atoms with Crippen LogP contribution in [0.4, 0.5) is 11.5 Å². The van der Waals surface area contributed by atoms with Gasteiger partial charge >= 0.3 is 4.87 Å². The Bertz CT molecular complexity index is 732. The van der Waals surface area contributed by atoms with Crippen molar-refractivity contribution in [2.75, 3.05) is 36.5 Å². The van der Waals surface area contributed by atoms with Crippen LogP contribution in [0.5, 0.6) is 0 Å². The van der Waals surface area contributed by atoms with Crippen molar-refractivity contribution in [3.05, 3.63) is 39.1 Å². The van der Waals surface area contributed by atoms with E-state index in [1.54, 1.807) is 24.6 Å². The molecule has 0 unspecified atom stereocenters. The van der Waals surface area contributed by atoms with Gasteiger partial charge in [-0.05, 0) is 19.1 Å². The number of ether oxygens (including phenoxy) is 1. The second kappa shape index (κ2) is 6.93. The van der Waals surface area contributed by atoms with Gasteiger partial charge in [0.05, 0.1) is 25.1 Å². The average molecular weight is 334 g/mol. The molecule has 0 bridgehead atoms. The van der Waals surface area contributed by atoms with Gasteiger partial charge in [0.25, 0.3) is 0 Å². The van der Waals surface area contributed by atoms with E-state index in [-0.39, 0.29) is 17.3 Å². The minimum Gasteiger partial charge on any atom is -0.378 e. The van der Waals surface area contributed by atoms with Crippen molar-refractivity contribution >= 4 is 28.7 Å². The first-order valence-electron chi connectivity index (χ1n) is 7.37. The predicted molar refractivity (Wildman–Crippen MR) is 89.2 cm³/mol. The molecule has 2 aromatic rings. The summed E-state index contributed by atoms with van der Waals surface area (Å²) >= 11 is 1.09. The summed E-state index contributed by atoms with van der Waals surface area (Å²) < 4.78 is 6.77. The summed E-state index contributed by atoms with van der Waals surface area (Å²) in [4.78, 5) is 30.0. The number of pyridine rings is 1. The zero-order valence-electron chi connectivity index (χ0n) is 12.8. The van der Waals surface area contributed by atoms with Crippen LogP contribution in [-0.4, -0.2) is 41.8 Å². The molecule has 3 heterocycles. The van der Waals surface area contributed by atoms with Crippen LogP contribution in [0.15, 0.2) is 28.5 Å². The van der Waals surface area contributed by atoms with Gasteiger partial charge in [-0.3, -0.25) is 14.2 Å². The van der Waals surface area contributed by atoms with Crippen LogP contribution >= 0.6 is 11.3 Å². The van der Waals surface area contributed by atoms with E-state index in [4.69, 9.17) is 4.74 Å². The number of amides is 1. The normalized spacial score (nSPS) is 14.7. The lowest BCUT2D eigenvalue weighted by atomic mass is 10.3. The fraction of sp³-hybridized carbons (Fsp3) is 0.400. The fourth-order valence-electron chi connectivity index (χ4n) is 2.39. The van der Waals surface area contributed by atoms with Gasteiger partial charge in [0.2, 0.25) is 5.91 Å². The molecule has 23 heavy (non-hydrogen) atoms. The molecule has 0 atom stereocenters. The Labute approximate surface area is 137 Å². The minimum absolute atomic E-state index is 0.00105. The van der Waals surface area contributed by atoms with E-state index in [1.807, 2.05) is 6.07 Å². The third kappa shape index (κ3) is 3.77. The van der Waals surface area contributed by atoms with Crippen LogP contribution in [-0.2, 0) is 16.1 Å². The fourth-order valence-corrected chi connectivity index (χ4v) is 3.13. The van der Waals surface area contributed by atoms with Crippen LogP contribution in [0.2, 0.25) is 0 Å². The Morgan fingerprint density at radius 3 is 2.78 bits per heavy atom. The van der Waals surface area contributed by atoms with Crippen molar-refractivity contribution in [3.63, 3.8) is 0 Å². The van der Waals surface area contributed by atoms with Gasteiger partial charge in [0.15, 0.2) is 0 Å². The van der Waals surface area contributed by atoms with Gasteiger partial charge < -0.3 is 15.0 Å². The number of aryl methyl sites for hydroxylation is 1. The predicted octanol–water partition coefficient (Wildman–Crippen LogP) is 1.09. The monoisotopic (exact) mass is 334 g/mol. The van der Waals surface area contributed by atoms with E-state index in [0.29, 0.717) is 19.0 Å². The lowest BCUT2D eigenvalue weighted by Gasteiger charge is -2.28. The molecule has 0 radical (unpaired) electrons. The molecule has 1 N–H and O–H groups in total. The van der Waals surface area contributed by atoms with Crippen molar-refractivity contribution in [2.24, 2.45) is 0 Å². The molecular formula is C15H18N4O3S. The lowest BCUT2D eigenvalue weighted by Crippen LogP contribution is -2.36. The number of thiazole rings is 1. The summed E-state index contributed by atoms with van der Waals surface area (Å²) in [6.45, 7) is 4.92. The summed E-state index contributed by atoms with van der Waals surface area (Å²) in [5.41, 5.74) is 1.79. The summed E-state index contributed by atoms with van der Waals surface area (Å²) in [6.07, 6.45) is 1.74. The number of hydrogen-bond donors (Lipinski definition) is 1. The third-order valence-electron chi connectivity index (χ3n) is 3.67. The van der Waals surface area contributed by atoms with Crippen molar-refractivity contribution in [1.82, 2.24) is 9.55 Å². The van der Waals surface area contributed by atoms with E-state index in [2.05, 4.69) is 15.2 Å². The van der Waals surface area contributed by atoms with Gasteiger partial charge in [-0.15, -0.1) is 0 Å². The Balaban J connectivity index is 1.61. The molecule has 1 saturated heterocycles. The van der Waals surface area contributed by atoms with E-state index in [0.717, 1.165) is 35.8 Å². The molecule has 1 amide bonds. The molecule has 1 fully saturated rings. The van der Waals surface area contributed by atoms with Crippen molar-refractivity contribution in [3.8, 4) is 0 Å². The molecule has 0 aromatic carbocycles. The molecule has 0 aliphatic carbocycles. The van der Waals surface area contributed by atoms with Crippen LogP contribution in [0.3, 0.4) is 0 Å². The molecule has 2 aromatic heterocycles. The smallest absolute Gasteiger partial charge is 0.307 e. The Morgan fingerprint density at radius 1 is 1.39 bits per heavy atom. The molecule has 1 aliphatic rings. The van der Waals surface area contributed by atoms with Gasteiger partial charge in [-0.25, -0.2) is 4.98 Å². The Kier molecular flexibility index (Phi) is 4.73. The van der Waals surface area contributed by atoms with Crippen molar-refractivity contribution in [2.45, 2.75) is 13.5 Å². The average Bonchev–Trinajstić information content (AvgIpc) is 2.88. The Morgan fingerprint density at radius 2 is 2.17 bits per heavy atom. The molecule has 3 rings (SSSR count). The second-order valence-electron chi connectivity index (χ2n) is 5.28. The highest BCUT2D eigenvalue weighted by Crippen LogP contribution is 2.16. The number of nitrogens with zero attached hydrogens (tertiary/aromatic N) is 3. The summed E-state index contributed by atoms with van der Waals surface area (Å²) in [7, 11) is 0. The van der Waals surface area contributed by atoms with E-state index in [1.165, 1.54) is 4.57 Å². The van der Waals surface area contributed by atoms with Gasteiger partial charge in [-0.2, -0.15) is 0 Å². The maximum absolute atomic E-state index is 12.0. The van der Waals surface area contributed by atoms with Crippen LogP contribution in [0, 0.1) is 6.92 Å². The number of carbonyl (C=O) groups is 1. The number of aromatic nitrogens is 2. The van der Waals surface area contributed by atoms with Crippen LogP contribution in [0.25, 0.3) is 0 Å². The standard InChI is InChI=1S/C15H18N4O3S/c1-11-10-23-15(21)19(11)9-14(20)17-13-3-2-12(8-16-13)18-4-6-22-7-5-18/h2-3,8,10H,4-7,9H2,1H3,(H,16,17,20). The summed E-state index contributed by atoms with van der Waals surface area (Å²) in [5.74, 6) is 0.216. The molecule has 0 spiro atoms. The Hall–Kier alpha value is -2.19. The van der Waals surface area contributed by atoms with Crippen molar-refractivity contribution < 1.29 is 9.53 Å². The summed E-state index contributed by atoms with van der Waals surface area (Å²) in [6, 6.07) is 3.70. The maximum Gasteiger partial charge on any atom is 0.307 e. The topological polar surface area (TPSA) is 76.5 Å². The summed E-state index contributed by atoms with van der Waals surface area (Å²) in [5, 5.41) is 4.46. The lowest BCUT2D eigenvalue weighted by molar-refractivity contribution is -0.116. The first-order valence-corrected chi connectivity index (χ1v) is 8.25. The van der Waals surface area contributed by atoms with Crippen molar-refractivity contribution in [1.29, 1.82) is 0 Å². The van der Waals surface area contributed by atoms with Crippen LogP contribution in [0.1, 0.15) is 5.69 Å². The molecule has 0 saturated carbocycles. The van der Waals surface area contributed by atoms with E-state index >= 15 is 0 Å². The number of morpholine rings is 1.